The number of carbonyl (C=O) groups excluding carboxylic acids is 2. The van der Waals surface area contributed by atoms with Crippen LogP contribution in [0.25, 0.3) is 0 Å². The minimum atomic E-state index is -0.504. The summed E-state index contributed by atoms with van der Waals surface area (Å²) >= 11 is 5.78. The van der Waals surface area contributed by atoms with E-state index in [0.29, 0.717) is 25.9 Å². The molecule has 1 aromatic carbocycles. The minimum absolute atomic E-state index is 0.0129. The third kappa shape index (κ3) is 4.86. The summed E-state index contributed by atoms with van der Waals surface area (Å²) in [5.41, 5.74) is 0.277. The maximum atomic E-state index is 12.1. The molecule has 1 fully saturated rings. The van der Waals surface area contributed by atoms with Crippen molar-refractivity contribution in [2.45, 2.75) is 45.3 Å². The van der Waals surface area contributed by atoms with Crippen LogP contribution in [0.4, 0.5) is 15.3 Å². The van der Waals surface area contributed by atoms with Crippen LogP contribution >= 0.6 is 11.6 Å². The summed E-state index contributed by atoms with van der Waals surface area (Å²) in [6, 6.07) is 9.35. The average molecular weight is 339 g/mol. The molecule has 0 bridgehead atoms. The fourth-order valence-corrected chi connectivity index (χ4v) is 2.91. The van der Waals surface area contributed by atoms with Crippen molar-refractivity contribution in [1.82, 2.24) is 4.90 Å². The van der Waals surface area contributed by atoms with Crippen molar-refractivity contribution in [2.75, 3.05) is 18.0 Å². The molecule has 0 aliphatic carbocycles. The van der Waals surface area contributed by atoms with Crippen LogP contribution in [0.3, 0.4) is 0 Å². The molecule has 1 heterocycles. The van der Waals surface area contributed by atoms with E-state index in [1.807, 2.05) is 51.1 Å². The first kappa shape index (κ1) is 17.6. The lowest BCUT2D eigenvalue weighted by atomic mass is 10.0. The largest absolute Gasteiger partial charge is 0.444 e. The number of ether oxygens (including phenoxy) is 1. The Bertz CT molecular complexity index is 549. The summed E-state index contributed by atoms with van der Waals surface area (Å²) in [4.78, 5) is 27.2. The smallest absolute Gasteiger partial charge is 0.410 e. The van der Waals surface area contributed by atoms with E-state index in [1.165, 1.54) is 0 Å². The van der Waals surface area contributed by atoms with E-state index in [2.05, 4.69) is 0 Å². The number of anilines is 1. The fourth-order valence-electron chi connectivity index (χ4n) is 2.68. The van der Waals surface area contributed by atoms with Gasteiger partial charge in [-0.3, -0.25) is 9.69 Å². The molecule has 0 aromatic heterocycles. The number of likely N-dealkylation sites (tertiary alicyclic amines) is 1. The highest BCUT2D eigenvalue weighted by Crippen LogP contribution is 2.25. The van der Waals surface area contributed by atoms with Gasteiger partial charge in [-0.15, -0.1) is 0 Å². The second-order valence-corrected chi connectivity index (χ2v) is 6.98. The number of hydrogen-bond acceptors (Lipinski definition) is 3. The number of carbonyl (C=O) groups is 2. The molecule has 1 aromatic rings. The quantitative estimate of drug-likeness (QED) is 0.598. The van der Waals surface area contributed by atoms with Crippen LogP contribution in [0, 0.1) is 0 Å². The van der Waals surface area contributed by atoms with Gasteiger partial charge in [0.1, 0.15) is 5.60 Å². The van der Waals surface area contributed by atoms with E-state index >= 15 is 0 Å². The van der Waals surface area contributed by atoms with Crippen molar-refractivity contribution in [3.63, 3.8) is 0 Å². The van der Waals surface area contributed by atoms with E-state index in [1.54, 1.807) is 9.80 Å². The topological polar surface area (TPSA) is 49.9 Å². The van der Waals surface area contributed by atoms with E-state index in [4.69, 9.17) is 16.3 Å². The lowest BCUT2D eigenvalue weighted by Gasteiger charge is -2.38. The van der Waals surface area contributed by atoms with Gasteiger partial charge >= 0.3 is 11.5 Å². The van der Waals surface area contributed by atoms with Gasteiger partial charge in [-0.1, -0.05) is 18.2 Å². The molecule has 0 radical (unpaired) electrons. The summed E-state index contributed by atoms with van der Waals surface area (Å²) in [7, 11) is 0. The van der Waals surface area contributed by atoms with Crippen LogP contribution in [-0.2, 0) is 4.74 Å². The van der Waals surface area contributed by atoms with Crippen molar-refractivity contribution in [1.29, 1.82) is 0 Å². The van der Waals surface area contributed by atoms with Crippen LogP contribution in [0.5, 0.6) is 0 Å². The predicted molar refractivity (Wildman–Crippen MR) is 91.0 cm³/mol. The summed E-state index contributed by atoms with van der Waals surface area (Å²) in [5.74, 6) is 0. The molecule has 2 rings (SSSR count). The van der Waals surface area contributed by atoms with Gasteiger partial charge < -0.3 is 9.64 Å². The third-order valence-corrected chi connectivity index (χ3v) is 3.89. The Hall–Kier alpha value is -1.75. The predicted octanol–water partition coefficient (Wildman–Crippen LogP) is 4.25. The van der Waals surface area contributed by atoms with Crippen molar-refractivity contribution >= 4 is 28.7 Å². The second kappa shape index (κ2) is 7.21. The molecule has 126 valence electrons. The van der Waals surface area contributed by atoms with Crippen LogP contribution in [0.1, 0.15) is 33.6 Å². The zero-order chi connectivity index (χ0) is 17.0. The molecule has 0 saturated carbocycles. The number of amides is 2. The van der Waals surface area contributed by atoms with Gasteiger partial charge in [0.15, 0.2) is 0 Å². The van der Waals surface area contributed by atoms with Crippen molar-refractivity contribution in [2.24, 2.45) is 0 Å². The highest BCUT2D eigenvalue weighted by molar-refractivity contribution is 6.66. The summed E-state index contributed by atoms with van der Waals surface area (Å²) < 4.78 is 5.39. The molecule has 1 aliphatic heterocycles. The molecular weight excluding hydrogens is 316 g/mol. The Morgan fingerprint density at radius 2 is 1.74 bits per heavy atom. The number of rotatable bonds is 2. The number of halogens is 1. The first-order valence-electron chi connectivity index (χ1n) is 7.79. The normalized spacial score (nSPS) is 16.1. The Morgan fingerprint density at radius 1 is 1.17 bits per heavy atom. The van der Waals surface area contributed by atoms with Crippen molar-refractivity contribution in [3.8, 4) is 0 Å². The molecule has 5 nitrogen and oxygen atoms in total. The second-order valence-electron chi connectivity index (χ2n) is 6.66. The van der Waals surface area contributed by atoms with E-state index in [-0.39, 0.29) is 12.1 Å². The number of para-hydroxylation sites is 1. The molecule has 23 heavy (non-hydrogen) atoms. The summed E-state index contributed by atoms with van der Waals surface area (Å²) in [6.45, 7) is 6.64. The van der Waals surface area contributed by atoms with Gasteiger partial charge in [0.2, 0.25) is 0 Å². The van der Waals surface area contributed by atoms with Gasteiger partial charge in [0, 0.05) is 24.8 Å². The minimum Gasteiger partial charge on any atom is -0.444 e. The van der Waals surface area contributed by atoms with Crippen molar-refractivity contribution in [3.05, 3.63) is 30.3 Å². The average Bonchev–Trinajstić information content (AvgIpc) is 2.47. The van der Waals surface area contributed by atoms with Crippen molar-refractivity contribution < 1.29 is 14.3 Å². The highest BCUT2D eigenvalue weighted by Gasteiger charge is 2.31. The zero-order valence-corrected chi connectivity index (χ0v) is 14.5. The third-order valence-electron chi connectivity index (χ3n) is 3.71. The first-order chi connectivity index (χ1) is 10.8. The molecule has 0 unspecified atom stereocenters. The Morgan fingerprint density at radius 3 is 2.22 bits per heavy atom. The number of piperidine rings is 1. The molecule has 0 N–H and O–H groups in total. The maximum absolute atomic E-state index is 12.1. The van der Waals surface area contributed by atoms with E-state index < -0.39 is 11.0 Å². The highest BCUT2D eigenvalue weighted by atomic mass is 35.5. The maximum Gasteiger partial charge on any atom is 0.410 e. The fraction of sp³-hybridized carbons (Fsp3) is 0.529. The summed E-state index contributed by atoms with van der Waals surface area (Å²) in [5, 5.41) is -0.494. The Labute approximate surface area is 142 Å². The van der Waals surface area contributed by atoms with E-state index in [9.17, 15) is 9.59 Å². The van der Waals surface area contributed by atoms with Crippen LogP contribution in [-0.4, -0.2) is 41.1 Å². The van der Waals surface area contributed by atoms with Crippen LogP contribution in [0.2, 0.25) is 0 Å². The van der Waals surface area contributed by atoms with Gasteiger partial charge in [-0.05, 0) is 57.3 Å². The van der Waals surface area contributed by atoms with Crippen LogP contribution < -0.4 is 4.90 Å². The molecule has 6 heteroatoms. The molecule has 0 spiro atoms. The first-order valence-corrected chi connectivity index (χ1v) is 8.17. The van der Waals surface area contributed by atoms with E-state index in [0.717, 1.165) is 5.69 Å². The zero-order valence-electron chi connectivity index (χ0n) is 13.8. The SMILES string of the molecule is CC(C)(C)OC(=O)N1CCC(N(C(=O)Cl)c2ccccc2)CC1. The number of hydrogen-bond donors (Lipinski definition) is 0. The Kier molecular flexibility index (Phi) is 5.52. The molecule has 1 aliphatic rings. The lowest BCUT2D eigenvalue weighted by molar-refractivity contribution is 0.0207. The summed E-state index contributed by atoms with van der Waals surface area (Å²) in [6.07, 6.45) is 1.04. The molecule has 2 amide bonds. The molecule has 1 saturated heterocycles. The van der Waals surface area contributed by atoms with Gasteiger partial charge in [0.05, 0.1) is 0 Å². The number of nitrogens with zero attached hydrogens (tertiary/aromatic N) is 2. The standard InChI is InChI=1S/C17H23ClN2O3/c1-17(2,3)23-16(22)19-11-9-14(10-12-19)20(15(18)21)13-7-5-4-6-8-13/h4-8,14H,9-12H2,1-3H3. The molecular formula is C17H23ClN2O3. The van der Waals surface area contributed by atoms with Gasteiger partial charge in [0.25, 0.3) is 0 Å². The van der Waals surface area contributed by atoms with Gasteiger partial charge in [-0.25, -0.2) is 4.79 Å². The monoisotopic (exact) mass is 338 g/mol. The van der Waals surface area contributed by atoms with Gasteiger partial charge in [-0.2, -0.15) is 0 Å². The lowest BCUT2D eigenvalue weighted by Crippen LogP contribution is -2.48. The van der Waals surface area contributed by atoms with Crippen LogP contribution in [0.15, 0.2) is 30.3 Å². The molecule has 0 atom stereocenters. The Balaban J connectivity index is 2.00. The number of benzene rings is 1.